The maximum Gasteiger partial charge on any atom is 0.256 e. The van der Waals surface area contributed by atoms with Gasteiger partial charge in [-0.3, -0.25) is 4.79 Å². The van der Waals surface area contributed by atoms with Crippen molar-refractivity contribution < 1.29 is 4.79 Å². The Morgan fingerprint density at radius 3 is 2.66 bits per heavy atom. The average Bonchev–Trinajstić information content (AvgIpc) is 3.40. The average molecular weight is 420 g/mol. The summed E-state index contributed by atoms with van der Waals surface area (Å²) in [5, 5.41) is 5.10. The van der Waals surface area contributed by atoms with E-state index in [4.69, 9.17) is 0 Å². The van der Waals surface area contributed by atoms with Crippen LogP contribution in [-0.2, 0) is 12.3 Å². The zero-order valence-corrected chi connectivity index (χ0v) is 17.7. The van der Waals surface area contributed by atoms with Gasteiger partial charge in [0.2, 0.25) is 0 Å². The molecule has 0 atom stereocenters. The predicted octanol–water partition coefficient (Wildman–Crippen LogP) is 5.85. The van der Waals surface area contributed by atoms with Gasteiger partial charge in [-0.15, -0.1) is 23.1 Å². The molecule has 4 rings (SSSR count). The summed E-state index contributed by atoms with van der Waals surface area (Å²) in [6, 6.07) is 19.9. The van der Waals surface area contributed by atoms with E-state index in [0.29, 0.717) is 5.56 Å². The van der Waals surface area contributed by atoms with Gasteiger partial charge in [0.25, 0.3) is 5.91 Å². The van der Waals surface area contributed by atoms with Gasteiger partial charge in [0.15, 0.2) is 0 Å². The van der Waals surface area contributed by atoms with E-state index in [-0.39, 0.29) is 5.91 Å². The topological polar surface area (TPSA) is 46.9 Å². The molecule has 0 aliphatic rings. The highest BCUT2D eigenvalue weighted by Gasteiger charge is 2.12. The summed E-state index contributed by atoms with van der Waals surface area (Å²) in [4.78, 5) is 19.4. The van der Waals surface area contributed by atoms with E-state index >= 15 is 0 Å². The van der Waals surface area contributed by atoms with Gasteiger partial charge < -0.3 is 9.88 Å². The zero-order chi connectivity index (χ0) is 20.1. The monoisotopic (exact) mass is 419 g/mol. The fourth-order valence-corrected chi connectivity index (χ4v) is 4.81. The molecule has 1 N–H and O–H groups in total. The number of hydrogen-bond acceptors (Lipinski definition) is 4. The van der Waals surface area contributed by atoms with E-state index in [2.05, 4.69) is 32.4 Å². The van der Waals surface area contributed by atoms with Gasteiger partial charge in [-0.1, -0.05) is 30.3 Å². The number of rotatable bonds is 7. The molecule has 2 aromatic heterocycles. The Hall–Kier alpha value is -2.83. The number of aromatic nitrogens is 2. The number of imidazole rings is 1. The van der Waals surface area contributed by atoms with Gasteiger partial charge in [-0.05, 0) is 48.2 Å². The van der Waals surface area contributed by atoms with Crippen LogP contribution in [0, 0.1) is 6.92 Å². The van der Waals surface area contributed by atoms with Gasteiger partial charge in [0.1, 0.15) is 5.82 Å². The third-order valence-corrected chi connectivity index (χ3v) is 6.75. The van der Waals surface area contributed by atoms with Crippen molar-refractivity contribution in [3.63, 3.8) is 0 Å². The second-order valence-electron chi connectivity index (χ2n) is 6.62. The van der Waals surface area contributed by atoms with Gasteiger partial charge in [0, 0.05) is 40.2 Å². The lowest BCUT2D eigenvalue weighted by molar-refractivity contribution is 0.102. The van der Waals surface area contributed by atoms with Crippen LogP contribution in [0.5, 0.6) is 0 Å². The molecule has 4 nitrogen and oxygen atoms in total. The van der Waals surface area contributed by atoms with Crippen LogP contribution >= 0.6 is 23.1 Å². The van der Waals surface area contributed by atoms with E-state index in [1.54, 1.807) is 29.3 Å². The van der Waals surface area contributed by atoms with E-state index in [9.17, 15) is 4.79 Å². The van der Waals surface area contributed by atoms with Gasteiger partial charge in [-0.25, -0.2) is 4.98 Å². The van der Waals surface area contributed by atoms with Crippen molar-refractivity contribution in [2.45, 2.75) is 24.1 Å². The summed E-state index contributed by atoms with van der Waals surface area (Å²) in [6.45, 7) is 2.75. The standard InChI is InChI=1S/C23H21N3OS2/c1-17-24-12-13-26(17)15-18-8-10-19(11-9-18)25-23(27)21-6-2-3-7-22(21)29-16-20-5-4-14-28-20/h2-14H,15-16H2,1H3,(H,25,27). The number of carbonyl (C=O) groups is 1. The van der Waals surface area contributed by atoms with E-state index in [1.807, 2.05) is 61.7 Å². The summed E-state index contributed by atoms with van der Waals surface area (Å²) < 4.78 is 2.09. The molecule has 29 heavy (non-hydrogen) atoms. The molecule has 0 saturated carbocycles. The van der Waals surface area contributed by atoms with Crippen molar-refractivity contribution in [3.05, 3.63) is 100 Å². The minimum Gasteiger partial charge on any atom is -0.331 e. The highest BCUT2D eigenvalue weighted by Crippen LogP contribution is 2.28. The van der Waals surface area contributed by atoms with E-state index < -0.39 is 0 Å². The van der Waals surface area contributed by atoms with Crippen molar-refractivity contribution in [1.82, 2.24) is 9.55 Å². The van der Waals surface area contributed by atoms with Crippen molar-refractivity contribution in [1.29, 1.82) is 0 Å². The molecule has 1 amide bonds. The minimum atomic E-state index is -0.0857. The number of hydrogen-bond donors (Lipinski definition) is 1. The van der Waals surface area contributed by atoms with Crippen molar-refractivity contribution in [2.24, 2.45) is 0 Å². The fourth-order valence-electron chi connectivity index (χ4n) is 2.98. The lowest BCUT2D eigenvalue weighted by atomic mass is 10.1. The molecule has 0 saturated heterocycles. The molecule has 0 unspecified atom stereocenters. The molecule has 0 aliphatic heterocycles. The largest absolute Gasteiger partial charge is 0.331 e. The molecule has 2 aromatic carbocycles. The van der Waals surface area contributed by atoms with Crippen molar-refractivity contribution >= 4 is 34.7 Å². The summed E-state index contributed by atoms with van der Waals surface area (Å²) >= 11 is 3.43. The number of carbonyl (C=O) groups excluding carboxylic acids is 1. The fraction of sp³-hybridized carbons (Fsp3) is 0.130. The number of anilines is 1. The minimum absolute atomic E-state index is 0.0857. The third kappa shape index (κ3) is 4.96. The van der Waals surface area contributed by atoms with Crippen LogP contribution < -0.4 is 5.32 Å². The maximum absolute atomic E-state index is 12.8. The Balaban J connectivity index is 1.42. The van der Waals surface area contributed by atoms with Gasteiger partial charge >= 0.3 is 0 Å². The molecule has 2 heterocycles. The SMILES string of the molecule is Cc1nccn1Cc1ccc(NC(=O)c2ccccc2SCc2cccs2)cc1. The first kappa shape index (κ1) is 19.5. The lowest BCUT2D eigenvalue weighted by Crippen LogP contribution is -2.13. The van der Waals surface area contributed by atoms with Crippen LogP contribution in [0.3, 0.4) is 0 Å². The number of benzene rings is 2. The zero-order valence-electron chi connectivity index (χ0n) is 16.0. The maximum atomic E-state index is 12.8. The van der Waals surface area contributed by atoms with Crippen molar-refractivity contribution in [3.8, 4) is 0 Å². The smallest absolute Gasteiger partial charge is 0.256 e. The molecule has 0 aliphatic carbocycles. The van der Waals surface area contributed by atoms with Crippen LogP contribution in [-0.4, -0.2) is 15.5 Å². The second-order valence-corrected chi connectivity index (χ2v) is 8.67. The van der Waals surface area contributed by atoms with Crippen LogP contribution in [0.25, 0.3) is 0 Å². The second kappa shape index (κ2) is 9.11. The first-order chi connectivity index (χ1) is 14.2. The molecule has 146 valence electrons. The van der Waals surface area contributed by atoms with Gasteiger partial charge in [-0.2, -0.15) is 0 Å². The van der Waals surface area contributed by atoms with Crippen LogP contribution in [0.4, 0.5) is 5.69 Å². The number of nitrogens with one attached hydrogen (secondary N) is 1. The first-order valence-corrected chi connectivity index (χ1v) is 11.2. The van der Waals surface area contributed by atoms with Crippen LogP contribution in [0.2, 0.25) is 0 Å². The number of amides is 1. The highest BCUT2D eigenvalue weighted by molar-refractivity contribution is 7.98. The molecule has 6 heteroatoms. The highest BCUT2D eigenvalue weighted by atomic mass is 32.2. The molecule has 0 bridgehead atoms. The first-order valence-electron chi connectivity index (χ1n) is 9.31. The number of aryl methyl sites for hydroxylation is 1. The van der Waals surface area contributed by atoms with Crippen LogP contribution in [0.1, 0.15) is 26.6 Å². The van der Waals surface area contributed by atoms with E-state index in [0.717, 1.165) is 34.3 Å². The summed E-state index contributed by atoms with van der Waals surface area (Å²) in [5.74, 6) is 1.76. The Morgan fingerprint density at radius 2 is 1.93 bits per heavy atom. The summed E-state index contributed by atoms with van der Waals surface area (Å²) in [5.41, 5.74) is 2.65. The van der Waals surface area contributed by atoms with Gasteiger partial charge in [0.05, 0.1) is 5.56 Å². The Bertz CT molecular complexity index is 1090. The quantitative estimate of drug-likeness (QED) is 0.383. The molecular weight excluding hydrogens is 398 g/mol. The van der Waals surface area contributed by atoms with E-state index in [1.165, 1.54) is 4.88 Å². The molecular formula is C23H21N3OS2. The Labute approximate surface area is 178 Å². The molecule has 0 fully saturated rings. The van der Waals surface area contributed by atoms with Crippen molar-refractivity contribution in [2.75, 3.05) is 5.32 Å². The third-order valence-electron chi connectivity index (χ3n) is 4.57. The summed E-state index contributed by atoms with van der Waals surface area (Å²) in [7, 11) is 0. The predicted molar refractivity (Wildman–Crippen MR) is 121 cm³/mol. The molecule has 0 radical (unpaired) electrons. The molecule has 0 spiro atoms. The molecule has 4 aromatic rings. The number of thiophene rings is 1. The summed E-state index contributed by atoms with van der Waals surface area (Å²) in [6.07, 6.45) is 3.77. The number of nitrogens with zero attached hydrogens (tertiary/aromatic N) is 2. The lowest BCUT2D eigenvalue weighted by Gasteiger charge is -2.11. The Kier molecular flexibility index (Phi) is 6.12. The number of thioether (sulfide) groups is 1. The van der Waals surface area contributed by atoms with Crippen LogP contribution in [0.15, 0.2) is 83.3 Å². The Morgan fingerprint density at radius 1 is 1.10 bits per heavy atom. The normalized spacial score (nSPS) is 10.8.